The van der Waals surface area contributed by atoms with Gasteiger partial charge in [0.15, 0.2) is 0 Å². The van der Waals surface area contributed by atoms with E-state index in [2.05, 4.69) is 51.1 Å². The van der Waals surface area contributed by atoms with Crippen molar-refractivity contribution in [2.24, 2.45) is 0 Å². The van der Waals surface area contributed by atoms with E-state index >= 15 is 0 Å². The Morgan fingerprint density at radius 1 is 1.03 bits per heavy atom. The van der Waals surface area contributed by atoms with Gasteiger partial charge in [0.1, 0.15) is 0 Å². The lowest BCUT2D eigenvalue weighted by Crippen LogP contribution is -2.37. The molecule has 0 unspecified atom stereocenters. The standard InChI is InChI=1S/C24H28N6O2/c1-31-13-14-32-29-20-7-5-19(6-8-20)27-24-26-16-23-21(10-12-30(23)28-24)17-4-9-22-18(15-17)3-2-11-25-22/h2-4,9-12,15-16,19-20,29H,5-8,13-14H2,1H3,(H,27,28). The highest BCUT2D eigenvalue weighted by atomic mass is 16.7. The van der Waals surface area contributed by atoms with Gasteiger partial charge in [-0.2, -0.15) is 5.48 Å². The van der Waals surface area contributed by atoms with Gasteiger partial charge in [-0.05, 0) is 55.5 Å². The van der Waals surface area contributed by atoms with Crippen LogP contribution in [0.3, 0.4) is 0 Å². The van der Waals surface area contributed by atoms with Crippen molar-refractivity contribution in [3.05, 3.63) is 55.0 Å². The van der Waals surface area contributed by atoms with Gasteiger partial charge in [0.2, 0.25) is 5.95 Å². The average molecular weight is 433 g/mol. The molecule has 1 aliphatic rings. The zero-order valence-corrected chi connectivity index (χ0v) is 18.2. The van der Waals surface area contributed by atoms with Crippen LogP contribution < -0.4 is 10.8 Å². The molecule has 3 heterocycles. The average Bonchev–Trinajstić information content (AvgIpc) is 3.26. The number of benzene rings is 1. The van der Waals surface area contributed by atoms with Gasteiger partial charge in [-0.25, -0.2) is 9.50 Å². The second-order valence-electron chi connectivity index (χ2n) is 8.20. The highest BCUT2D eigenvalue weighted by molar-refractivity contribution is 5.88. The lowest BCUT2D eigenvalue weighted by molar-refractivity contribution is -0.0186. The molecule has 0 aliphatic heterocycles. The topological polar surface area (TPSA) is 85.6 Å². The minimum Gasteiger partial charge on any atom is -0.382 e. The van der Waals surface area contributed by atoms with E-state index in [1.165, 1.54) is 0 Å². The fourth-order valence-corrected chi connectivity index (χ4v) is 4.29. The molecule has 3 aromatic heterocycles. The van der Waals surface area contributed by atoms with Crippen LogP contribution in [0.25, 0.3) is 27.5 Å². The van der Waals surface area contributed by atoms with Crippen molar-refractivity contribution < 1.29 is 9.57 Å². The number of hydroxylamine groups is 1. The minimum absolute atomic E-state index is 0.368. The molecule has 0 bridgehead atoms. The summed E-state index contributed by atoms with van der Waals surface area (Å²) < 4.78 is 6.89. The number of ether oxygens (including phenoxy) is 1. The molecular weight excluding hydrogens is 404 g/mol. The smallest absolute Gasteiger partial charge is 0.241 e. The molecule has 0 spiro atoms. The van der Waals surface area contributed by atoms with Gasteiger partial charge in [-0.15, -0.1) is 5.10 Å². The van der Waals surface area contributed by atoms with Gasteiger partial charge in [-0.3, -0.25) is 9.82 Å². The van der Waals surface area contributed by atoms with Crippen LogP contribution in [0.2, 0.25) is 0 Å². The lowest BCUT2D eigenvalue weighted by Gasteiger charge is -2.29. The molecule has 2 N–H and O–H groups in total. The third-order valence-corrected chi connectivity index (χ3v) is 6.03. The summed E-state index contributed by atoms with van der Waals surface area (Å²) in [7, 11) is 1.68. The van der Waals surface area contributed by atoms with Crippen LogP contribution in [0.4, 0.5) is 5.95 Å². The predicted octanol–water partition coefficient (Wildman–Crippen LogP) is 3.84. The van der Waals surface area contributed by atoms with E-state index in [0.29, 0.717) is 31.2 Å². The maximum atomic E-state index is 5.45. The van der Waals surface area contributed by atoms with Crippen LogP contribution >= 0.6 is 0 Å². The van der Waals surface area contributed by atoms with Crippen molar-refractivity contribution in [2.45, 2.75) is 37.8 Å². The van der Waals surface area contributed by atoms with E-state index in [1.54, 1.807) is 7.11 Å². The van der Waals surface area contributed by atoms with Crippen molar-refractivity contribution in [2.75, 3.05) is 25.6 Å². The Kier molecular flexibility index (Phi) is 6.24. The Bertz CT molecular complexity index is 1190. The Labute approximate surface area is 186 Å². The molecule has 32 heavy (non-hydrogen) atoms. The molecule has 8 nitrogen and oxygen atoms in total. The molecule has 5 rings (SSSR count). The van der Waals surface area contributed by atoms with Gasteiger partial charge >= 0.3 is 0 Å². The van der Waals surface area contributed by atoms with E-state index in [4.69, 9.17) is 14.7 Å². The lowest BCUT2D eigenvalue weighted by atomic mass is 9.92. The van der Waals surface area contributed by atoms with Crippen molar-refractivity contribution >= 4 is 22.4 Å². The van der Waals surface area contributed by atoms with Crippen LogP contribution in [0.1, 0.15) is 25.7 Å². The highest BCUT2D eigenvalue weighted by Crippen LogP contribution is 2.28. The number of hydrogen-bond donors (Lipinski definition) is 2. The first-order valence-corrected chi connectivity index (χ1v) is 11.1. The molecule has 1 saturated carbocycles. The van der Waals surface area contributed by atoms with Crippen molar-refractivity contribution in [1.29, 1.82) is 0 Å². The molecule has 1 aromatic carbocycles. The molecule has 0 radical (unpaired) electrons. The fourth-order valence-electron chi connectivity index (χ4n) is 4.29. The molecule has 0 amide bonds. The van der Waals surface area contributed by atoms with Gasteiger partial charge in [0.05, 0.1) is 30.4 Å². The SMILES string of the molecule is COCCONC1CCC(Nc2ncc3c(-c4ccc5ncccc5c4)ccn3n2)CC1. The summed E-state index contributed by atoms with van der Waals surface area (Å²) in [6.45, 7) is 1.17. The molecule has 0 saturated heterocycles. The number of nitrogens with one attached hydrogen (secondary N) is 2. The molecule has 166 valence electrons. The Morgan fingerprint density at radius 2 is 1.91 bits per heavy atom. The predicted molar refractivity (Wildman–Crippen MR) is 124 cm³/mol. The van der Waals surface area contributed by atoms with Crippen molar-refractivity contribution in [1.82, 2.24) is 25.1 Å². The number of methoxy groups -OCH3 is 1. The summed E-state index contributed by atoms with van der Waals surface area (Å²) in [5.74, 6) is 0.662. The largest absolute Gasteiger partial charge is 0.382 e. The molecule has 0 atom stereocenters. The molecule has 1 aliphatic carbocycles. The van der Waals surface area contributed by atoms with E-state index in [0.717, 1.165) is 53.2 Å². The van der Waals surface area contributed by atoms with Gasteiger partial charge in [0.25, 0.3) is 0 Å². The summed E-state index contributed by atoms with van der Waals surface area (Å²) in [5, 5.41) is 9.32. The summed E-state index contributed by atoms with van der Waals surface area (Å²) in [5.41, 5.74) is 7.38. The van der Waals surface area contributed by atoms with E-state index in [9.17, 15) is 0 Å². The monoisotopic (exact) mass is 432 g/mol. The van der Waals surface area contributed by atoms with Gasteiger partial charge in [0, 0.05) is 42.5 Å². The number of nitrogens with zero attached hydrogens (tertiary/aromatic N) is 4. The molecule has 4 aromatic rings. The summed E-state index contributed by atoms with van der Waals surface area (Å²) in [6, 6.07) is 13.2. The second kappa shape index (κ2) is 9.60. The third kappa shape index (κ3) is 4.57. The normalized spacial score (nSPS) is 18.9. The van der Waals surface area contributed by atoms with Crippen LogP contribution in [-0.4, -0.2) is 52.0 Å². The first-order chi connectivity index (χ1) is 15.8. The van der Waals surface area contributed by atoms with Crippen LogP contribution in [-0.2, 0) is 9.57 Å². The number of hydrogen-bond acceptors (Lipinski definition) is 7. The first-order valence-electron chi connectivity index (χ1n) is 11.1. The zero-order valence-electron chi connectivity index (χ0n) is 18.2. The van der Waals surface area contributed by atoms with Gasteiger partial charge < -0.3 is 10.1 Å². The van der Waals surface area contributed by atoms with Crippen molar-refractivity contribution in [3.63, 3.8) is 0 Å². The Hall–Kier alpha value is -3.07. The quantitative estimate of drug-likeness (QED) is 0.323. The number of fused-ring (bicyclic) bond motifs is 2. The van der Waals surface area contributed by atoms with Gasteiger partial charge in [-0.1, -0.05) is 12.1 Å². The van der Waals surface area contributed by atoms with E-state index < -0.39 is 0 Å². The number of rotatable bonds is 8. The molecule has 8 heteroatoms. The fraction of sp³-hybridized carbons (Fsp3) is 0.375. The Balaban J connectivity index is 1.23. The summed E-state index contributed by atoms with van der Waals surface area (Å²) >= 11 is 0. The zero-order chi connectivity index (χ0) is 21.8. The van der Waals surface area contributed by atoms with E-state index in [-0.39, 0.29) is 0 Å². The minimum atomic E-state index is 0.368. The summed E-state index contributed by atoms with van der Waals surface area (Å²) in [6.07, 6.45) is 9.91. The highest BCUT2D eigenvalue weighted by Gasteiger charge is 2.22. The van der Waals surface area contributed by atoms with E-state index in [1.807, 2.05) is 29.2 Å². The maximum absolute atomic E-state index is 5.45. The second-order valence-corrected chi connectivity index (χ2v) is 8.20. The molecular formula is C24H28N6O2. The maximum Gasteiger partial charge on any atom is 0.241 e. The molecule has 1 fully saturated rings. The first kappa shape index (κ1) is 20.8. The number of pyridine rings is 1. The van der Waals surface area contributed by atoms with Crippen molar-refractivity contribution in [3.8, 4) is 11.1 Å². The van der Waals surface area contributed by atoms with Crippen LogP contribution in [0.5, 0.6) is 0 Å². The Morgan fingerprint density at radius 3 is 2.78 bits per heavy atom. The van der Waals surface area contributed by atoms with Crippen LogP contribution in [0, 0.1) is 0 Å². The summed E-state index contributed by atoms with van der Waals surface area (Å²) in [4.78, 5) is 14.5. The number of aromatic nitrogens is 4. The van der Waals surface area contributed by atoms with Crippen LogP contribution in [0.15, 0.2) is 55.0 Å². The number of anilines is 1. The third-order valence-electron chi connectivity index (χ3n) is 6.03.